The second-order valence-corrected chi connectivity index (χ2v) is 7.76. The number of rotatable bonds is 6. The molecule has 0 bridgehead atoms. The Morgan fingerprint density at radius 3 is 2.45 bits per heavy atom. The van der Waals surface area contributed by atoms with Crippen LogP contribution in [0.25, 0.3) is 0 Å². The van der Waals surface area contributed by atoms with Crippen LogP contribution in [0, 0.1) is 0 Å². The van der Waals surface area contributed by atoms with Gasteiger partial charge in [0.05, 0.1) is 5.57 Å². The Morgan fingerprint density at radius 2 is 1.81 bits per heavy atom. The summed E-state index contributed by atoms with van der Waals surface area (Å²) in [5.74, 6) is 0.407. The Balaban J connectivity index is 1.71. The van der Waals surface area contributed by atoms with E-state index in [1.54, 1.807) is 28.9 Å². The van der Waals surface area contributed by atoms with Gasteiger partial charge in [-0.2, -0.15) is 10.1 Å². The summed E-state index contributed by atoms with van der Waals surface area (Å²) >= 11 is 5.97. The largest absolute Gasteiger partial charge is 0.372 e. The van der Waals surface area contributed by atoms with Crippen molar-refractivity contribution in [1.82, 2.24) is 14.8 Å². The Bertz CT molecular complexity index is 1100. The van der Waals surface area contributed by atoms with E-state index in [1.165, 1.54) is 6.33 Å². The van der Waals surface area contributed by atoms with Gasteiger partial charge in [0.25, 0.3) is 5.91 Å². The van der Waals surface area contributed by atoms with Crippen LogP contribution in [-0.2, 0) is 4.79 Å². The first-order valence-electron chi connectivity index (χ1n) is 10.3. The van der Waals surface area contributed by atoms with E-state index in [0.717, 1.165) is 30.0 Å². The van der Waals surface area contributed by atoms with Gasteiger partial charge >= 0.3 is 0 Å². The molecule has 1 aliphatic heterocycles. The first kappa shape index (κ1) is 20.9. The molecule has 0 unspecified atom stereocenters. The maximum atomic E-state index is 13.3. The van der Waals surface area contributed by atoms with Gasteiger partial charge in [0, 0.05) is 35.2 Å². The topological polar surface area (TPSA) is 75.1 Å². The number of anilines is 3. The molecule has 1 atom stereocenters. The second-order valence-electron chi connectivity index (χ2n) is 7.32. The molecule has 2 N–H and O–H groups in total. The number of allylic oxidation sites excluding steroid dienone is 1. The van der Waals surface area contributed by atoms with Gasteiger partial charge in [-0.05, 0) is 62.7 Å². The third kappa shape index (κ3) is 4.14. The molecule has 7 nitrogen and oxygen atoms in total. The van der Waals surface area contributed by atoms with Crippen LogP contribution in [0.15, 0.2) is 66.1 Å². The van der Waals surface area contributed by atoms with Crippen molar-refractivity contribution in [3.05, 3.63) is 76.7 Å². The number of amides is 1. The average molecular weight is 437 g/mol. The normalized spacial score (nSPS) is 15.3. The first-order valence-corrected chi connectivity index (χ1v) is 10.7. The van der Waals surface area contributed by atoms with Crippen LogP contribution in [0.5, 0.6) is 0 Å². The average Bonchev–Trinajstić information content (AvgIpc) is 3.23. The highest BCUT2D eigenvalue weighted by Gasteiger charge is 2.33. The first-order chi connectivity index (χ1) is 15.0. The van der Waals surface area contributed by atoms with Crippen LogP contribution in [0.4, 0.5) is 17.3 Å². The van der Waals surface area contributed by atoms with E-state index in [9.17, 15) is 4.79 Å². The van der Waals surface area contributed by atoms with E-state index in [2.05, 4.69) is 63.7 Å². The molecular formula is C23H25ClN6O. The van der Waals surface area contributed by atoms with Crippen LogP contribution in [0.1, 0.15) is 32.4 Å². The predicted molar refractivity (Wildman–Crippen MR) is 125 cm³/mol. The zero-order valence-electron chi connectivity index (χ0n) is 17.8. The molecule has 3 aromatic rings. The maximum absolute atomic E-state index is 13.3. The Kier molecular flexibility index (Phi) is 5.95. The SMILES string of the molecule is CCN(CC)c1ccc([C@@H]2C(C(=O)Nc3ccc(Cl)cc3)=C(C)Nc3ncnn32)cc1. The molecule has 1 amide bonds. The van der Waals surface area contributed by atoms with Crippen molar-refractivity contribution in [2.75, 3.05) is 28.6 Å². The molecule has 1 aliphatic rings. The molecule has 0 spiro atoms. The lowest BCUT2D eigenvalue weighted by atomic mass is 9.94. The molecule has 0 radical (unpaired) electrons. The van der Waals surface area contributed by atoms with Gasteiger partial charge < -0.3 is 15.5 Å². The minimum Gasteiger partial charge on any atom is -0.372 e. The highest BCUT2D eigenvalue weighted by atomic mass is 35.5. The quantitative estimate of drug-likeness (QED) is 0.585. The number of nitrogens with one attached hydrogen (secondary N) is 2. The third-order valence-corrected chi connectivity index (χ3v) is 5.73. The molecule has 0 fully saturated rings. The molecule has 2 heterocycles. The van der Waals surface area contributed by atoms with Gasteiger partial charge in [0.1, 0.15) is 12.4 Å². The number of aromatic nitrogens is 3. The van der Waals surface area contributed by atoms with Gasteiger partial charge in [-0.3, -0.25) is 4.79 Å². The molecule has 31 heavy (non-hydrogen) atoms. The number of fused-ring (bicyclic) bond motifs is 1. The van der Waals surface area contributed by atoms with E-state index < -0.39 is 6.04 Å². The molecule has 8 heteroatoms. The van der Waals surface area contributed by atoms with E-state index in [4.69, 9.17) is 11.6 Å². The van der Waals surface area contributed by atoms with E-state index in [-0.39, 0.29) is 5.91 Å². The molecule has 0 saturated heterocycles. The number of benzene rings is 2. The molecule has 1 aromatic heterocycles. The zero-order valence-corrected chi connectivity index (χ0v) is 18.5. The lowest BCUT2D eigenvalue weighted by Crippen LogP contribution is -2.31. The lowest BCUT2D eigenvalue weighted by Gasteiger charge is -2.29. The fourth-order valence-electron chi connectivity index (χ4n) is 3.88. The minimum atomic E-state index is -0.392. The van der Waals surface area contributed by atoms with Gasteiger partial charge in [0.2, 0.25) is 5.95 Å². The number of hydrogen-bond donors (Lipinski definition) is 2. The Labute approximate surface area is 186 Å². The fraction of sp³-hybridized carbons (Fsp3) is 0.261. The number of nitrogens with zero attached hydrogens (tertiary/aromatic N) is 4. The van der Waals surface area contributed by atoms with Gasteiger partial charge in [0.15, 0.2) is 0 Å². The van der Waals surface area contributed by atoms with Crippen molar-refractivity contribution < 1.29 is 4.79 Å². The highest BCUT2D eigenvalue weighted by molar-refractivity contribution is 6.30. The molecule has 4 rings (SSSR count). The standard InChI is InChI=1S/C23H25ClN6O/c1-4-29(5-2)19-12-6-16(7-13-19)21-20(15(3)27-23-25-14-26-30(21)23)22(31)28-18-10-8-17(24)9-11-18/h6-14,21H,4-5H2,1-3H3,(H,28,31)(H,25,26,27)/t21-/m1/s1. The van der Waals surface area contributed by atoms with E-state index >= 15 is 0 Å². The summed E-state index contributed by atoms with van der Waals surface area (Å²) in [6.45, 7) is 8.02. The summed E-state index contributed by atoms with van der Waals surface area (Å²) in [4.78, 5) is 19.9. The number of carbonyl (C=O) groups is 1. The summed E-state index contributed by atoms with van der Waals surface area (Å²) in [5.41, 5.74) is 4.11. The summed E-state index contributed by atoms with van der Waals surface area (Å²) in [6.07, 6.45) is 1.49. The third-order valence-electron chi connectivity index (χ3n) is 5.48. The summed E-state index contributed by atoms with van der Waals surface area (Å²) in [7, 11) is 0. The van der Waals surface area contributed by atoms with Crippen molar-refractivity contribution in [2.45, 2.75) is 26.8 Å². The zero-order chi connectivity index (χ0) is 22.0. The number of carbonyl (C=O) groups excluding carboxylic acids is 1. The van der Waals surface area contributed by atoms with Crippen molar-refractivity contribution in [3.8, 4) is 0 Å². The van der Waals surface area contributed by atoms with Crippen LogP contribution in [0.2, 0.25) is 5.02 Å². The van der Waals surface area contributed by atoms with Crippen LogP contribution in [-0.4, -0.2) is 33.8 Å². The molecule has 0 saturated carbocycles. The fourth-order valence-corrected chi connectivity index (χ4v) is 4.01. The lowest BCUT2D eigenvalue weighted by molar-refractivity contribution is -0.113. The van der Waals surface area contributed by atoms with Crippen molar-refractivity contribution >= 4 is 34.8 Å². The van der Waals surface area contributed by atoms with Crippen LogP contribution in [0.3, 0.4) is 0 Å². The van der Waals surface area contributed by atoms with E-state index in [0.29, 0.717) is 22.2 Å². The van der Waals surface area contributed by atoms with E-state index in [1.807, 2.05) is 6.92 Å². The Morgan fingerprint density at radius 1 is 1.13 bits per heavy atom. The van der Waals surface area contributed by atoms with Gasteiger partial charge in [-0.15, -0.1) is 0 Å². The van der Waals surface area contributed by atoms with Gasteiger partial charge in [-0.25, -0.2) is 4.68 Å². The number of hydrogen-bond acceptors (Lipinski definition) is 5. The number of halogens is 1. The molecule has 160 valence electrons. The van der Waals surface area contributed by atoms with Gasteiger partial charge in [-0.1, -0.05) is 23.7 Å². The summed E-state index contributed by atoms with van der Waals surface area (Å²) < 4.78 is 1.75. The second kappa shape index (κ2) is 8.81. The van der Waals surface area contributed by atoms with Crippen LogP contribution < -0.4 is 15.5 Å². The Hall–Kier alpha value is -3.32. The molecule has 0 aliphatic carbocycles. The maximum Gasteiger partial charge on any atom is 0.255 e. The smallest absolute Gasteiger partial charge is 0.255 e. The predicted octanol–water partition coefficient (Wildman–Crippen LogP) is 4.71. The monoisotopic (exact) mass is 436 g/mol. The molecular weight excluding hydrogens is 412 g/mol. The van der Waals surface area contributed by atoms with Crippen molar-refractivity contribution in [1.29, 1.82) is 0 Å². The summed E-state index contributed by atoms with van der Waals surface area (Å²) in [6, 6.07) is 14.9. The van der Waals surface area contributed by atoms with Crippen molar-refractivity contribution in [3.63, 3.8) is 0 Å². The van der Waals surface area contributed by atoms with Crippen LogP contribution >= 0.6 is 11.6 Å². The van der Waals surface area contributed by atoms with Crippen molar-refractivity contribution in [2.24, 2.45) is 0 Å². The highest BCUT2D eigenvalue weighted by Crippen LogP contribution is 2.35. The minimum absolute atomic E-state index is 0.203. The summed E-state index contributed by atoms with van der Waals surface area (Å²) in [5, 5.41) is 11.2. The molecule has 2 aromatic carbocycles.